The molecule has 2 fully saturated rings. The van der Waals surface area contributed by atoms with Crippen molar-refractivity contribution in [3.05, 3.63) is 48.5 Å². The number of benzene rings is 1. The Balaban J connectivity index is 1.25. The van der Waals surface area contributed by atoms with Crippen molar-refractivity contribution in [2.24, 2.45) is 0 Å². The average Bonchev–Trinajstić information content (AvgIpc) is 3.65. The molecule has 0 spiro atoms. The van der Waals surface area contributed by atoms with Crippen LogP contribution in [0.4, 0.5) is 5.82 Å². The number of rotatable bonds is 14. The molecule has 0 amide bonds. The number of carboxylic acids is 1. The number of hydrogen-bond donors (Lipinski definition) is 5. The van der Waals surface area contributed by atoms with Crippen molar-refractivity contribution < 1.29 is 52.6 Å². The van der Waals surface area contributed by atoms with Crippen LogP contribution in [0.25, 0.3) is 11.2 Å². The lowest BCUT2D eigenvalue weighted by molar-refractivity contribution is -0.181. The predicted molar refractivity (Wildman–Crippen MR) is 159 cm³/mol. The molecule has 43 heavy (non-hydrogen) atoms. The molecule has 2 aliphatic heterocycles. The summed E-state index contributed by atoms with van der Waals surface area (Å²) >= 11 is 1.59. The monoisotopic (exact) mass is 753 g/mol. The van der Waals surface area contributed by atoms with Gasteiger partial charge in [0.2, 0.25) is 3.79 Å². The van der Waals surface area contributed by atoms with Gasteiger partial charge >= 0.3 is 13.6 Å². The number of hydrogen-bond acceptors (Lipinski definition) is 13. The number of ether oxygens (including phenoxy) is 4. The van der Waals surface area contributed by atoms with E-state index in [4.69, 9.17) is 34.1 Å². The number of imidazole rings is 1. The Bertz CT molecular complexity index is 1470. The second kappa shape index (κ2) is 13.6. The van der Waals surface area contributed by atoms with Gasteiger partial charge in [0.05, 0.1) is 25.5 Å². The van der Waals surface area contributed by atoms with Gasteiger partial charge in [-0.2, -0.15) is 0 Å². The zero-order valence-electron chi connectivity index (χ0n) is 22.5. The molecule has 16 nitrogen and oxygen atoms in total. The molecule has 5 unspecified atom stereocenters. The van der Waals surface area contributed by atoms with Crippen LogP contribution in [0.1, 0.15) is 24.6 Å². The molecule has 0 aliphatic carbocycles. The van der Waals surface area contributed by atoms with Crippen LogP contribution >= 0.6 is 38.6 Å². The molecule has 2 saturated heterocycles. The summed E-state index contributed by atoms with van der Waals surface area (Å²) in [4.78, 5) is 43.1. The number of aliphatic hydroxyl groups is 1. The molecular formula is C24H30IN5O11P2. The Labute approximate surface area is 260 Å². The first-order valence-electron chi connectivity index (χ1n) is 13.1. The van der Waals surface area contributed by atoms with Crippen LogP contribution in [-0.2, 0) is 39.0 Å². The largest absolute Gasteiger partial charge is 0.481 e. The van der Waals surface area contributed by atoms with Gasteiger partial charge in [-0.1, -0.05) is 30.3 Å². The minimum Gasteiger partial charge on any atom is -0.481 e. The molecule has 0 saturated carbocycles. The fourth-order valence-electron chi connectivity index (χ4n) is 4.70. The Morgan fingerprint density at radius 2 is 1.93 bits per heavy atom. The van der Waals surface area contributed by atoms with Crippen LogP contribution in [0, 0.1) is 0 Å². The first-order chi connectivity index (χ1) is 20.4. The Morgan fingerprint density at radius 1 is 1.19 bits per heavy atom. The van der Waals surface area contributed by atoms with Gasteiger partial charge in [-0.15, -0.1) is 0 Å². The highest BCUT2D eigenvalue weighted by molar-refractivity contribution is 14.1. The first kappa shape index (κ1) is 32.5. The van der Waals surface area contributed by atoms with Gasteiger partial charge in [0, 0.05) is 19.0 Å². The topological polar surface area (TPSA) is 231 Å². The van der Waals surface area contributed by atoms with Gasteiger partial charge < -0.3 is 44.7 Å². The van der Waals surface area contributed by atoms with E-state index in [0.717, 1.165) is 5.56 Å². The van der Waals surface area contributed by atoms with Crippen molar-refractivity contribution in [3.63, 3.8) is 0 Å². The molecule has 6 N–H and O–H groups in total. The molecule has 5 rings (SSSR count). The van der Waals surface area contributed by atoms with E-state index in [1.54, 1.807) is 27.2 Å². The van der Waals surface area contributed by atoms with Crippen LogP contribution in [0.5, 0.6) is 0 Å². The molecule has 19 heteroatoms. The Hall–Kier alpha value is -1.89. The normalized spacial score (nSPS) is 27.0. The fraction of sp³-hybridized carbons (Fsp3) is 0.500. The number of nitrogen functional groups attached to an aromatic ring is 1. The summed E-state index contributed by atoms with van der Waals surface area (Å²) in [5.41, 5.74) is 7.81. The van der Waals surface area contributed by atoms with Crippen LogP contribution < -0.4 is 5.73 Å². The zero-order valence-corrected chi connectivity index (χ0v) is 26.4. The maximum absolute atomic E-state index is 12.4. The number of fused-ring (bicyclic) bond motifs is 2. The lowest BCUT2D eigenvalue weighted by atomic mass is 10.1. The number of aliphatic carboxylic acids is 1. The predicted octanol–water partition coefficient (Wildman–Crippen LogP) is 2.13. The average molecular weight is 753 g/mol. The number of anilines is 1. The molecule has 2 aliphatic rings. The summed E-state index contributed by atoms with van der Waals surface area (Å²) in [7, 11) is -6.78. The van der Waals surface area contributed by atoms with Crippen molar-refractivity contribution >= 4 is 61.5 Å². The lowest BCUT2D eigenvalue weighted by Gasteiger charge is -2.26. The molecular weight excluding hydrogens is 723 g/mol. The van der Waals surface area contributed by atoms with Crippen molar-refractivity contribution in [3.8, 4) is 0 Å². The molecule has 1 aromatic carbocycles. The molecule has 0 radical (unpaired) electrons. The maximum Gasteiger partial charge on any atom is 0.333 e. The summed E-state index contributed by atoms with van der Waals surface area (Å²) < 4.78 is 41.5. The van der Waals surface area contributed by atoms with Crippen LogP contribution in [-0.4, -0.2) is 92.8 Å². The van der Waals surface area contributed by atoms with E-state index in [1.165, 1.54) is 12.7 Å². The summed E-state index contributed by atoms with van der Waals surface area (Å²) in [6, 6.07) is 9.68. The SMILES string of the molecule is Nc1ncnc2c1ncn2[C@@H]1O[C@H](COC(O)(I)CCP(=O)(O)OP(O)CCC(=O)O)C2OC(Cc3ccccc3)O[C@@H]21. The zero-order chi connectivity index (χ0) is 30.8. The molecule has 2 aromatic heterocycles. The third-order valence-corrected chi connectivity index (χ3v) is 10.7. The third-order valence-electron chi connectivity index (χ3n) is 6.72. The number of halogens is 1. The minimum atomic E-state index is -4.35. The maximum atomic E-state index is 12.4. The van der Waals surface area contributed by atoms with Crippen LogP contribution in [0.2, 0.25) is 0 Å². The van der Waals surface area contributed by atoms with Crippen molar-refractivity contribution in [2.45, 2.75) is 53.9 Å². The fourth-order valence-corrected chi connectivity index (χ4v) is 8.37. The van der Waals surface area contributed by atoms with E-state index < -0.39 is 69.1 Å². The van der Waals surface area contributed by atoms with Gasteiger partial charge in [-0.25, -0.2) is 15.0 Å². The van der Waals surface area contributed by atoms with Gasteiger partial charge in [-0.3, -0.25) is 18.2 Å². The molecule has 0 bridgehead atoms. The highest BCUT2D eigenvalue weighted by Crippen LogP contribution is 2.55. The first-order valence-corrected chi connectivity index (χ1v) is 17.3. The highest BCUT2D eigenvalue weighted by atomic mass is 127. The number of alkyl halides is 1. The number of aromatic nitrogens is 4. The van der Waals surface area contributed by atoms with Gasteiger partial charge in [0.15, 0.2) is 32.4 Å². The van der Waals surface area contributed by atoms with E-state index in [0.29, 0.717) is 17.6 Å². The lowest BCUT2D eigenvalue weighted by Crippen LogP contribution is -2.36. The number of nitrogens with two attached hydrogens (primary N) is 1. The van der Waals surface area contributed by atoms with Gasteiger partial charge in [0.25, 0.3) is 0 Å². The Kier molecular flexibility index (Phi) is 10.3. The second-order valence-corrected chi connectivity index (χ2v) is 15.1. The van der Waals surface area contributed by atoms with Crippen molar-refractivity contribution in [1.29, 1.82) is 0 Å². The van der Waals surface area contributed by atoms with E-state index in [2.05, 4.69) is 15.0 Å². The smallest absolute Gasteiger partial charge is 0.333 e. The van der Waals surface area contributed by atoms with Crippen molar-refractivity contribution in [2.75, 3.05) is 24.7 Å². The minimum absolute atomic E-state index is 0.176. The summed E-state index contributed by atoms with van der Waals surface area (Å²) in [5, 5.41) is 19.5. The van der Waals surface area contributed by atoms with Crippen molar-refractivity contribution in [1.82, 2.24) is 19.5 Å². The van der Waals surface area contributed by atoms with Crippen LogP contribution in [0.3, 0.4) is 0 Å². The summed E-state index contributed by atoms with van der Waals surface area (Å²) in [6.07, 6.45) is -1.56. The highest BCUT2D eigenvalue weighted by Gasteiger charge is 2.54. The van der Waals surface area contributed by atoms with E-state index in [1.807, 2.05) is 30.3 Å². The summed E-state index contributed by atoms with van der Waals surface area (Å²) in [5.74, 6) is -0.965. The third kappa shape index (κ3) is 8.23. The van der Waals surface area contributed by atoms with Crippen LogP contribution in [0.15, 0.2) is 43.0 Å². The second-order valence-electron chi connectivity index (χ2n) is 9.88. The molecule has 8 atom stereocenters. The molecule has 3 aromatic rings. The number of carboxylic acid groups (broad SMARTS) is 1. The van der Waals surface area contributed by atoms with E-state index in [9.17, 15) is 24.3 Å². The van der Waals surface area contributed by atoms with E-state index in [-0.39, 0.29) is 25.0 Å². The molecule has 234 valence electrons. The number of carbonyl (C=O) groups is 1. The standard InChI is InChI=1S/C24H30IN5O11P2/c25-24(33,7-9-43(35,36)41-42(34)8-6-16(31)32)37-11-15-19-20(40-17(39-19)10-14-4-2-1-3-5-14)23(38-15)30-13-29-18-21(26)27-12-28-22(18)30/h1-5,12-13,15,17,19-20,23,33-34H,6-11H2,(H,31,32)(H,35,36)(H2,26,27,28)/t15-,17?,19?,20+,23-,24?,42?/m1/s1. The molecule has 4 heterocycles. The Morgan fingerprint density at radius 3 is 2.67 bits per heavy atom. The van der Waals surface area contributed by atoms with E-state index >= 15 is 0 Å². The van der Waals surface area contributed by atoms with Gasteiger partial charge in [-0.05, 0) is 28.2 Å². The summed E-state index contributed by atoms with van der Waals surface area (Å²) in [6.45, 7) is -0.176. The quantitative estimate of drug-likeness (QED) is 0.0687. The number of nitrogens with zero attached hydrogens (tertiary/aromatic N) is 4. The van der Waals surface area contributed by atoms with Gasteiger partial charge in [0.1, 0.15) is 30.2 Å².